The third-order valence-electron chi connectivity index (χ3n) is 9.19. The summed E-state index contributed by atoms with van der Waals surface area (Å²) in [5.41, 5.74) is 5.11. The van der Waals surface area contributed by atoms with Gasteiger partial charge in [-0.05, 0) is 73.8 Å². The Kier molecular flexibility index (Phi) is 10.1. The fourth-order valence-corrected chi connectivity index (χ4v) is 7.57. The van der Waals surface area contributed by atoms with Gasteiger partial charge in [-0.2, -0.15) is 0 Å². The fourth-order valence-electron chi connectivity index (χ4n) is 7.20. The number of hydrogen-bond acceptors (Lipinski definition) is 6. The average Bonchev–Trinajstić information content (AvgIpc) is 3.58. The molecule has 4 heterocycles. The van der Waals surface area contributed by atoms with E-state index in [-0.39, 0.29) is 0 Å². The van der Waals surface area contributed by atoms with Crippen molar-refractivity contribution in [1.82, 2.24) is 9.80 Å². The summed E-state index contributed by atoms with van der Waals surface area (Å²) in [5, 5.41) is 17.2. The lowest BCUT2D eigenvalue weighted by Crippen LogP contribution is -2.14. The van der Waals surface area contributed by atoms with Gasteiger partial charge in [0.2, 0.25) is 0 Å². The molecule has 0 aromatic heterocycles. The summed E-state index contributed by atoms with van der Waals surface area (Å²) >= 11 is 12.4. The molecule has 8 nitrogen and oxygen atoms in total. The van der Waals surface area contributed by atoms with Gasteiger partial charge in [0.15, 0.2) is 0 Å². The van der Waals surface area contributed by atoms with Crippen molar-refractivity contribution in [3.05, 3.63) is 129 Å². The molecular formula is C38H36Cl2N2O6. The van der Waals surface area contributed by atoms with E-state index in [0.29, 0.717) is 35.8 Å². The van der Waals surface area contributed by atoms with Gasteiger partial charge >= 0.3 is 11.9 Å². The van der Waals surface area contributed by atoms with Crippen LogP contribution in [0.5, 0.6) is 23.0 Å². The van der Waals surface area contributed by atoms with Crippen molar-refractivity contribution in [2.45, 2.75) is 23.7 Å². The highest BCUT2D eigenvalue weighted by molar-refractivity contribution is 6.31. The second-order valence-electron chi connectivity index (χ2n) is 12.5. The number of benzene rings is 4. The lowest BCUT2D eigenvalue weighted by Gasteiger charge is -2.17. The Morgan fingerprint density at radius 3 is 1.29 bits per heavy atom. The number of carboxylic acids is 2. The zero-order chi connectivity index (χ0) is 33.9. The molecule has 0 unspecified atom stereocenters. The smallest absolute Gasteiger partial charge is 0.328 e. The van der Waals surface area contributed by atoms with Crippen molar-refractivity contribution >= 4 is 35.1 Å². The average molecular weight is 688 g/mol. The summed E-state index contributed by atoms with van der Waals surface area (Å²) in [4.78, 5) is 23.9. The first-order valence-electron chi connectivity index (χ1n) is 15.7. The number of halogens is 2. The summed E-state index contributed by atoms with van der Waals surface area (Å²) in [7, 11) is 4.37. The highest BCUT2D eigenvalue weighted by atomic mass is 35.5. The van der Waals surface area contributed by atoms with E-state index in [1.165, 1.54) is 22.3 Å². The number of hydrogen-bond donors (Lipinski definition) is 2. The molecule has 0 spiro atoms. The number of rotatable bonds is 2. The van der Waals surface area contributed by atoms with Crippen LogP contribution in [0.1, 0.15) is 45.9 Å². The first-order chi connectivity index (χ1) is 23.1. The van der Waals surface area contributed by atoms with Crippen LogP contribution in [-0.4, -0.2) is 72.2 Å². The third-order valence-corrected chi connectivity index (χ3v) is 9.66. The van der Waals surface area contributed by atoms with E-state index in [1.807, 2.05) is 36.4 Å². The van der Waals surface area contributed by atoms with E-state index in [9.17, 15) is 9.59 Å². The van der Waals surface area contributed by atoms with E-state index in [4.69, 9.17) is 42.9 Å². The molecule has 0 radical (unpaired) electrons. The van der Waals surface area contributed by atoms with Crippen molar-refractivity contribution in [2.75, 3.05) is 40.3 Å². The molecule has 2 fully saturated rings. The Morgan fingerprint density at radius 1 is 0.583 bits per heavy atom. The molecule has 0 bridgehead atoms. The molecule has 4 aliphatic heterocycles. The van der Waals surface area contributed by atoms with Gasteiger partial charge in [0.25, 0.3) is 0 Å². The minimum atomic E-state index is -1.26. The molecule has 4 aliphatic rings. The Labute approximate surface area is 289 Å². The standard InChI is InChI=1S/2C17H16ClNO.C4H4O4/c2*1-19-9-14-12-4-2-3-5-16(12)20-17-7-6-11(18)8-13(17)15(14)10-19;5-3(6)1-2-4(7)8/h2*2-8,14-15H,9-10H2,1H3;1-2H,(H,5,6)(H,7,8)/b;;2-1-/t2*14-,15-;/m00./s1. The number of likely N-dealkylation sites (N-methyl/N-ethyl adjacent to an activating group) is 2. The van der Waals surface area contributed by atoms with E-state index < -0.39 is 11.9 Å². The van der Waals surface area contributed by atoms with Gasteiger partial charge in [0, 0.05) is 83.2 Å². The number of fused-ring (bicyclic) bond motifs is 10. The number of para-hydroxylation sites is 2. The number of likely N-dealkylation sites (tertiary alicyclic amines) is 2. The van der Waals surface area contributed by atoms with Gasteiger partial charge in [-0.15, -0.1) is 0 Å². The Hall–Kier alpha value is -4.34. The van der Waals surface area contributed by atoms with E-state index in [0.717, 1.165) is 59.2 Å². The molecule has 2 saturated heterocycles. The largest absolute Gasteiger partial charge is 0.478 e. The first kappa shape index (κ1) is 33.6. The van der Waals surface area contributed by atoms with Crippen molar-refractivity contribution in [3.63, 3.8) is 0 Å². The van der Waals surface area contributed by atoms with Gasteiger partial charge in [-0.25, -0.2) is 9.59 Å². The fraction of sp³-hybridized carbons (Fsp3) is 0.263. The number of carboxylic acid groups (broad SMARTS) is 2. The monoisotopic (exact) mass is 686 g/mol. The van der Waals surface area contributed by atoms with E-state index in [2.05, 4.69) is 72.4 Å². The highest BCUT2D eigenvalue weighted by Gasteiger charge is 2.39. The molecule has 0 saturated carbocycles. The molecule has 48 heavy (non-hydrogen) atoms. The number of ether oxygens (including phenoxy) is 2. The van der Waals surface area contributed by atoms with Crippen molar-refractivity contribution in [1.29, 1.82) is 0 Å². The van der Waals surface area contributed by atoms with Gasteiger partial charge in [0.05, 0.1) is 0 Å². The number of nitrogens with zero attached hydrogens (tertiary/aromatic N) is 2. The van der Waals surface area contributed by atoms with E-state index >= 15 is 0 Å². The number of aliphatic carboxylic acids is 2. The second-order valence-corrected chi connectivity index (χ2v) is 13.4. The predicted octanol–water partition coefficient (Wildman–Crippen LogP) is 8.23. The lowest BCUT2D eigenvalue weighted by atomic mass is 9.84. The molecule has 4 aromatic rings. The normalized spacial score (nSPS) is 21.8. The Bertz CT molecular complexity index is 1730. The molecule has 4 atom stereocenters. The minimum absolute atomic E-state index is 0.456. The van der Waals surface area contributed by atoms with Crippen molar-refractivity contribution in [2.24, 2.45) is 0 Å². The minimum Gasteiger partial charge on any atom is -0.478 e. The maximum absolute atomic E-state index is 9.55. The van der Waals surface area contributed by atoms with Crippen LogP contribution in [-0.2, 0) is 9.59 Å². The maximum atomic E-state index is 9.55. The van der Waals surface area contributed by atoms with Gasteiger partial charge in [-0.1, -0.05) is 59.6 Å². The molecule has 4 aromatic carbocycles. The molecule has 10 heteroatoms. The SMILES string of the molecule is CN1C[C@H]2c3ccccc3Oc3ccc(Cl)cc3[C@@H]2C1.CN1C[C@H]2c3ccccc3Oc3ccc(Cl)cc3[C@@H]2C1.O=C(O)/C=C\C(=O)O. The molecule has 2 N–H and O–H groups in total. The highest BCUT2D eigenvalue weighted by Crippen LogP contribution is 2.51. The second kappa shape index (κ2) is 14.4. The van der Waals surface area contributed by atoms with Crippen LogP contribution in [0.3, 0.4) is 0 Å². The summed E-state index contributed by atoms with van der Waals surface area (Å²) in [5.74, 6) is 3.23. The lowest BCUT2D eigenvalue weighted by molar-refractivity contribution is -0.134. The van der Waals surface area contributed by atoms with Crippen LogP contribution in [0, 0.1) is 0 Å². The van der Waals surface area contributed by atoms with Crippen LogP contribution in [0.15, 0.2) is 97.1 Å². The van der Waals surface area contributed by atoms with Crippen LogP contribution in [0.25, 0.3) is 0 Å². The summed E-state index contributed by atoms with van der Waals surface area (Å²) in [6, 6.07) is 28.7. The van der Waals surface area contributed by atoms with Gasteiger partial charge in [0.1, 0.15) is 23.0 Å². The topological polar surface area (TPSA) is 99.5 Å². The molecule has 0 amide bonds. The summed E-state index contributed by atoms with van der Waals surface area (Å²) < 4.78 is 12.3. The molecule has 248 valence electrons. The molecular weight excluding hydrogens is 651 g/mol. The summed E-state index contributed by atoms with van der Waals surface area (Å²) in [6.45, 7) is 4.24. The summed E-state index contributed by atoms with van der Waals surface area (Å²) in [6.07, 6.45) is 1.12. The van der Waals surface area contributed by atoms with Crippen molar-refractivity contribution in [3.8, 4) is 23.0 Å². The van der Waals surface area contributed by atoms with Gasteiger partial charge in [-0.3, -0.25) is 0 Å². The van der Waals surface area contributed by atoms with Crippen LogP contribution in [0.2, 0.25) is 10.0 Å². The van der Waals surface area contributed by atoms with Crippen LogP contribution in [0.4, 0.5) is 0 Å². The zero-order valence-electron chi connectivity index (χ0n) is 26.6. The Balaban J connectivity index is 0.000000138. The predicted molar refractivity (Wildman–Crippen MR) is 186 cm³/mol. The molecule has 8 rings (SSSR count). The Morgan fingerprint density at radius 2 is 0.917 bits per heavy atom. The quantitative estimate of drug-likeness (QED) is 0.204. The van der Waals surface area contributed by atoms with Crippen LogP contribution < -0.4 is 9.47 Å². The van der Waals surface area contributed by atoms with E-state index in [1.54, 1.807) is 0 Å². The van der Waals surface area contributed by atoms with Crippen molar-refractivity contribution < 1.29 is 29.3 Å². The maximum Gasteiger partial charge on any atom is 0.328 e. The van der Waals surface area contributed by atoms with Gasteiger partial charge < -0.3 is 29.5 Å². The van der Waals surface area contributed by atoms with Crippen LogP contribution >= 0.6 is 23.2 Å². The zero-order valence-corrected chi connectivity index (χ0v) is 28.1. The first-order valence-corrected chi connectivity index (χ1v) is 16.5. The molecule has 0 aliphatic carbocycles. The number of carbonyl (C=O) groups is 2. The third kappa shape index (κ3) is 7.37.